The van der Waals surface area contributed by atoms with Crippen LogP contribution in [-0.4, -0.2) is 44.4 Å². The van der Waals surface area contributed by atoms with Crippen LogP contribution < -0.4 is 0 Å². The summed E-state index contributed by atoms with van der Waals surface area (Å²) >= 11 is 5.83. The Morgan fingerprint density at radius 3 is 2.24 bits per heavy atom. The quantitative estimate of drug-likeness (QED) is 0.690. The zero-order chi connectivity index (χ0) is 18.4. The second kappa shape index (κ2) is 8.44. The lowest BCUT2D eigenvalue weighted by molar-refractivity contribution is -0.168. The Balaban J connectivity index is 2.35. The SMILES string of the molecule is CON(C)C(=O)CN(Cc1ccccc1)S(=O)(=O)c1ccc(Cl)cc1. The number of likely N-dealkylation sites (N-methyl/N-ethyl adjacent to an activating group) is 1. The maximum Gasteiger partial charge on any atom is 0.261 e. The Labute approximate surface area is 152 Å². The number of amides is 1. The summed E-state index contributed by atoms with van der Waals surface area (Å²) in [7, 11) is -1.11. The smallest absolute Gasteiger partial charge is 0.261 e. The van der Waals surface area contributed by atoms with Crippen LogP contribution in [0.5, 0.6) is 0 Å². The van der Waals surface area contributed by atoms with Crippen LogP contribution in [0.2, 0.25) is 5.02 Å². The van der Waals surface area contributed by atoms with E-state index in [1.807, 2.05) is 18.2 Å². The largest absolute Gasteiger partial charge is 0.275 e. The molecule has 0 aromatic heterocycles. The molecule has 0 atom stereocenters. The highest BCUT2D eigenvalue weighted by Crippen LogP contribution is 2.20. The Bertz CT molecular complexity index is 810. The average Bonchev–Trinajstić information content (AvgIpc) is 2.61. The highest BCUT2D eigenvalue weighted by atomic mass is 35.5. The van der Waals surface area contributed by atoms with Crippen molar-refractivity contribution in [2.45, 2.75) is 11.4 Å². The number of hydroxylamine groups is 2. The first kappa shape index (κ1) is 19.4. The Kier molecular flexibility index (Phi) is 6.55. The standard InChI is InChI=1S/C17H19ClN2O4S/c1-19(24-2)17(21)13-20(12-14-6-4-3-5-7-14)25(22,23)16-10-8-15(18)9-11-16/h3-11H,12-13H2,1-2H3. The molecule has 1 amide bonds. The Hall–Kier alpha value is -1.93. The molecule has 2 aromatic rings. The van der Waals surface area contributed by atoms with Crippen LogP contribution in [0.25, 0.3) is 0 Å². The fraction of sp³-hybridized carbons (Fsp3) is 0.235. The molecule has 0 saturated heterocycles. The van der Waals surface area contributed by atoms with Crippen molar-refractivity contribution in [2.75, 3.05) is 20.7 Å². The summed E-state index contributed by atoms with van der Waals surface area (Å²) in [6, 6.07) is 14.9. The summed E-state index contributed by atoms with van der Waals surface area (Å²) in [5.74, 6) is -0.476. The van der Waals surface area contributed by atoms with Crippen LogP contribution in [0.15, 0.2) is 59.5 Å². The van der Waals surface area contributed by atoms with Gasteiger partial charge < -0.3 is 0 Å². The molecule has 0 fully saturated rings. The minimum Gasteiger partial charge on any atom is -0.275 e. The van der Waals surface area contributed by atoms with E-state index in [0.717, 1.165) is 14.9 Å². The minimum atomic E-state index is -3.88. The number of halogens is 1. The lowest BCUT2D eigenvalue weighted by Gasteiger charge is -2.24. The Morgan fingerprint density at radius 1 is 1.08 bits per heavy atom. The van der Waals surface area contributed by atoms with Gasteiger partial charge in [0.1, 0.15) is 0 Å². The van der Waals surface area contributed by atoms with Gasteiger partial charge in [0.15, 0.2) is 0 Å². The summed E-state index contributed by atoms with van der Waals surface area (Å²) in [4.78, 5) is 17.1. The molecule has 0 spiro atoms. The van der Waals surface area contributed by atoms with E-state index in [9.17, 15) is 13.2 Å². The van der Waals surface area contributed by atoms with Gasteiger partial charge in [-0.15, -0.1) is 0 Å². The van der Waals surface area contributed by atoms with E-state index in [1.54, 1.807) is 12.1 Å². The van der Waals surface area contributed by atoms with E-state index in [1.165, 1.54) is 38.4 Å². The molecule has 0 saturated carbocycles. The van der Waals surface area contributed by atoms with Crippen molar-refractivity contribution >= 4 is 27.5 Å². The average molecular weight is 383 g/mol. The number of carbonyl (C=O) groups excluding carboxylic acids is 1. The molecule has 2 aromatic carbocycles. The van der Waals surface area contributed by atoms with Crippen molar-refractivity contribution in [3.8, 4) is 0 Å². The van der Waals surface area contributed by atoms with Gasteiger partial charge in [-0.05, 0) is 29.8 Å². The molecule has 0 heterocycles. The zero-order valence-corrected chi connectivity index (χ0v) is 15.5. The maximum absolute atomic E-state index is 13.0. The van der Waals surface area contributed by atoms with E-state index in [2.05, 4.69) is 0 Å². The number of rotatable bonds is 7. The number of nitrogens with zero attached hydrogens (tertiary/aromatic N) is 2. The second-order valence-electron chi connectivity index (χ2n) is 5.29. The third-order valence-corrected chi connectivity index (χ3v) is 5.65. The van der Waals surface area contributed by atoms with E-state index >= 15 is 0 Å². The van der Waals surface area contributed by atoms with Crippen LogP contribution in [-0.2, 0) is 26.2 Å². The summed E-state index contributed by atoms with van der Waals surface area (Å²) in [6.07, 6.45) is 0. The van der Waals surface area contributed by atoms with E-state index in [4.69, 9.17) is 16.4 Å². The van der Waals surface area contributed by atoms with Gasteiger partial charge >= 0.3 is 0 Å². The number of hydrogen-bond acceptors (Lipinski definition) is 4. The fourth-order valence-electron chi connectivity index (χ4n) is 2.12. The van der Waals surface area contributed by atoms with Crippen molar-refractivity contribution in [1.29, 1.82) is 0 Å². The van der Waals surface area contributed by atoms with Crippen LogP contribution in [0.4, 0.5) is 0 Å². The van der Waals surface area contributed by atoms with Crippen molar-refractivity contribution < 1.29 is 18.0 Å². The molecular weight excluding hydrogens is 364 g/mol. The third kappa shape index (κ3) is 5.02. The first-order chi connectivity index (χ1) is 11.8. The first-order valence-electron chi connectivity index (χ1n) is 7.45. The molecule has 0 aliphatic rings. The van der Waals surface area contributed by atoms with Crippen molar-refractivity contribution in [1.82, 2.24) is 9.37 Å². The molecule has 0 bridgehead atoms. The highest BCUT2D eigenvalue weighted by molar-refractivity contribution is 7.89. The summed E-state index contributed by atoms with van der Waals surface area (Å²) in [6.45, 7) is -0.278. The first-order valence-corrected chi connectivity index (χ1v) is 9.26. The molecule has 2 rings (SSSR count). The highest BCUT2D eigenvalue weighted by Gasteiger charge is 2.28. The predicted molar refractivity (Wildman–Crippen MR) is 95.3 cm³/mol. The topological polar surface area (TPSA) is 66.9 Å². The minimum absolute atomic E-state index is 0.0646. The van der Waals surface area contributed by atoms with Gasteiger partial charge in [0, 0.05) is 18.6 Å². The molecule has 0 aliphatic carbocycles. The monoisotopic (exact) mass is 382 g/mol. The van der Waals surface area contributed by atoms with Crippen LogP contribution >= 0.6 is 11.6 Å². The van der Waals surface area contributed by atoms with E-state index < -0.39 is 15.9 Å². The molecule has 0 N–H and O–H groups in total. The number of carbonyl (C=O) groups is 1. The summed E-state index contributed by atoms with van der Waals surface area (Å²) in [5.41, 5.74) is 0.771. The molecule has 25 heavy (non-hydrogen) atoms. The number of sulfonamides is 1. The van der Waals surface area contributed by atoms with Gasteiger partial charge in [-0.1, -0.05) is 41.9 Å². The lowest BCUT2D eigenvalue weighted by atomic mass is 10.2. The molecule has 8 heteroatoms. The summed E-state index contributed by atoms with van der Waals surface area (Å²) in [5, 5.41) is 1.43. The number of benzene rings is 2. The van der Waals surface area contributed by atoms with Gasteiger partial charge in [-0.25, -0.2) is 13.5 Å². The van der Waals surface area contributed by atoms with Crippen LogP contribution in [0.1, 0.15) is 5.56 Å². The van der Waals surface area contributed by atoms with Gasteiger partial charge in [0.05, 0.1) is 18.6 Å². The maximum atomic E-state index is 13.0. The zero-order valence-electron chi connectivity index (χ0n) is 13.9. The van der Waals surface area contributed by atoms with Gasteiger partial charge in [0.25, 0.3) is 5.91 Å². The molecule has 0 aliphatic heterocycles. The van der Waals surface area contributed by atoms with Crippen LogP contribution in [0.3, 0.4) is 0 Å². The van der Waals surface area contributed by atoms with Gasteiger partial charge in [-0.3, -0.25) is 9.63 Å². The van der Waals surface area contributed by atoms with Crippen LogP contribution in [0, 0.1) is 0 Å². The van der Waals surface area contributed by atoms with Gasteiger partial charge in [-0.2, -0.15) is 4.31 Å². The summed E-state index contributed by atoms with van der Waals surface area (Å²) < 4.78 is 27.0. The molecule has 134 valence electrons. The molecule has 0 unspecified atom stereocenters. The van der Waals surface area contributed by atoms with Gasteiger partial charge in [0.2, 0.25) is 10.0 Å². The predicted octanol–water partition coefficient (Wildman–Crippen LogP) is 2.55. The normalized spacial score (nSPS) is 11.5. The number of hydrogen-bond donors (Lipinski definition) is 0. The van der Waals surface area contributed by atoms with E-state index in [0.29, 0.717) is 5.02 Å². The third-order valence-electron chi connectivity index (χ3n) is 3.59. The molecular formula is C17H19ClN2O4S. The second-order valence-corrected chi connectivity index (χ2v) is 7.66. The molecule has 0 radical (unpaired) electrons. The van der Waals surface area contributed by atoms with Crippen molar-refractivity contribution in [3.63, 3.8) is 0 Å². The van der Waals surface area contributed by atoms with Crippen molar-refractivity contribution in [2.24, 2.45) is 0 Å². The fourth-order valence-corrected chi connectivity index (χ4v) is 3.62. The van der Waals surface area contributed by atoms with E-state index in [-0.39, 0.29) is 18.0 Å². The Morgan fingerprint density at radius 2 is 1.68 bits per heavy atom. The van der Waals surface area contributed by atoms with Crippen molar-refractivity contribution in [3.05, 3.63) is 65.2 Å². The lowest BCUT2D eigenvalue weighted by Crippen LogP contribution is -2.40. The molecule has 6 nitrogen and oxygen atoms in total.